The normalized spacial score (nSPS) is 17.0. The molecule has 21 heavy (non-hydrogen) atoms. The highest BCUT2D eigenvalue weighted by Crippen LogP contribution is 2.19. The Bertz CT molecular complexity index is 585. The molecule has 2 aromatic rings. The molecule has 0 amide bonds. The molecule has 1 saturated heterocycles. The van der Waals surface area contributed by atoms with E-state index in [1.54, 1.807) is 4.68 Å². The molecule has 112 valence electrons. The number of hydrogen-bond donors (Lipinski definition) is 1. The van der Waals surface area contributed by atoms with Gasteiger partial charge in [0.25, 0.3) is 0 Å². The fourth-order valence-corrected chi connectivity index (χ4v) is 2.83. The Balaban J connectivity index is 1.68. The van der Waals surface area contributed by atoms with Crippen LogP contribution in [0.15, 0.2) is 24.3 Å². The Morgan fingerprint density at radius 3 is 2.76 bits per heavy atom. The summed E-state index contributed by atoms with van der Waals surface area (Å²) in [6, 6.07) is 8.83. The van der Waals surface area contributed by atoms with Crippen LogP contribution in [0.4, 0.5) is 5.69 Å². The Kier molecular flexibility index (Phi) is 4.15. The molecule has 0 atom stereocenters. The first kappa shape index (κ1) is 14.0. The van der Waals surface area contributed by atoms with Crippen LogP contribution in [0.3, 0.4) is 0 Å². The molecular weight excluding hydrogens is 264 g/mol. The van der Waals surface area contributed by atoms with Gasteiger partial charge < -0.3 is 10.2 Å². The lowest BCUT2D eigenvalue weighted by Gasteiger charge is -2.32. The van der Waals surface area contributed by atoms with E-state index >= 15 is 0 Å². The number of aromatic nitrogens is 4. The van der Waals surface area contributed by atoms with E-state index in [-0.39, 0.29) is 0 Å². The van der Waals surface area contributed by atoms with E-state index in [4.69, 9.17) is 0 Å². The number of nitrogens with zero attached hydrogens (tertiary/aromatic N) is 5. The van der Waals surface area contributed by atoms with Gasteiger partial charge in [0.1, 0.15) is 0 Å². The van der Waals surface area contributed by atoms with E-state index in [1.165, 1.54) is 25.9 Å². The second kappa shape index (κ2) is 6.22. The van der Waals surface area contributed by atoms with Gasteiger partial charge in [-0.1, -0.05) is 13.0 Å². The van der Waals surface area contributed by atoms with Crippen molar-refractivity contribution in [1.29, 1.82) is 0 Å². The van der Waals surface area contributed by atoms with Gasteiger partial charge in [-0.15, -0.1) is 5.10 Å². The van der Waals surface area contributed by atoms with Crippen molar-refractivity contribution in [1.82, 2.24) is 25.1 Å². The van der Waals surface area contributed by atoms with Crippen LogP contribution in [0.5, 0.6) is 0 Å². The number of hydrogen-bond acceptors (Lipinski definition) is 5. The van der Waals surface area contributed by atoms with Gasteiger partial charge in [-0.2, -0.15) is 4.68 Å². The van der Waals surface area contributed by atoms with Crippen molar-refractivity contribution in [2.24, 2.45) is 0 Å². The predicted molar refractivity (Wildman–Crippen MR) is 82.6 cm³/mol. The molecule has 0 aliphatic carbocycles. The molecule has 1 aromatic heterocycles. The molecule has 1 aromatic carbocycles. The molecule has 0 bridgehead atoms. The van der Waals surface area contributed by atoms with E-state index in [9.17, 15) is 0 Å². The number of anilines is 1. The summed E-state index contributed by atoms with van der Waals surface area (Å²) in [6.45, 7) is 7.65. The topological polar surface area (TPSA) is 58.9 Å². The summed E-state index contributed by atoms with van der Waals surface area (Å²) >= 11 is 0. The summed E-state index contributed by atoms with van der Waals surface area (Å²) < 4.78 is 1.75. The lowest BCUT2D eigenvalue weighted by Crippen LogP contribution is -2.38. The number of likely N-dealkylation sites (tertiary alicyclic amines) is 1. The maximum absolute atomic E-state index is 4.02. The fraction of sp³-hybridized carbons (Fsp3) is 0.533. The number of piperidine rings is 1. The molecule has 6 heteroatoms. The molecule has 1 aliphatic heterocycles. The summed E-state index contributed by atoms with van der Waals surface area (Å²) in [4.78, 5) is 2.50. The molecule has 0 radical (unpaired) electrons. The minimum atomic E-state index is 0.554. The monoisotopic (exact) mass is 286 g/mol. The molecule has 1 N–H and O–H groups in total. The predicted octanol–water partition coefficient (Wildman–Crippen LogP) is 1.87. The fourth-order valence-electron chi connectivity index (χ4n) is 2.83. The molecule has 1 fully saturated rings. The molecule has 3 rings (SSSR count). The number of tetrazole rings is 1. The van der Waals surface area contributed by atoms with E-state index in [0.29, 0.717) is 6.04 Å². The highest BCUT2D eigenvalue weighted by atomic mass is 15.5. The van der Waals surface area contributed by atoms with Gasteiger partial charge in [0.05, 0.1) is 5.69 Å². The molecule has 6 nitrogen and oxygen atoms in total. The standard InChI is InChI=1S/C15H22N6/c1-3-20-9-7-13(8-10-20)16-14-5-4-6-15(11-14)21-12(2)17-18-19-21/h4-6,11,13,16H,3,7-10H2,1-2H3. The van der Waals surface area contributed by atoms with Crippen molar-refractivity contribution < 1.29 is 0 Å². The van der Waals surface area contributed by atoms with Gasteiger partial charge >= 0.3 is 0 Å². The van der Waals surface area contributed by atoms with Gasteiger partial charge in [-0.25, -0.2) is 0 Å². The zero-order valence-electron chi connectivity index (χ0n) is 12.7. The zero-order chi connectivity index (χ0) is 14.7. The quantitative estimate of drug-likeness (QED) is 0.930. The lowest BCUT2D eigenvalue weighted by atomic mass is 10.0. The van der Waals surface area contributed by atoms with Crippen LogP contribution in [0, 0.1) is 6.92 Å². The Morgan fingerprint density at radius 2 is 2.10 bits per heavy atom. The average molecular weight is 286 g/mol. The minimum absolute atomic E-state index is 0.554. The molecule has 0 spiro atoms. The van der Waals surface area contributed by atoms with E-state index in [1.807, 2.05) is 19.1 Å². The van der Waals surface area contributed by atoms with E-state index < -0.39 is 0 Å². The van der Waals surface area contributed by atoms with Crippen molar-refractivity contribution in [3.05, 3.63) is 30.1 Å². The van der Waals surface area contributed by atoms with Crippen LogP contribution in [0.1, 0.15) is 25.6 Å². The number of aryl methyl sites for hydroxylation is 1. The number of nitrogens with one attached hydrogen (secondary N) is 1. The summed E-state index contributed by atoms with van der Waals surface area (Å²) in [5, 5.41) is 15.3. The average Bonchev–Trinajstić information content (AvgIpc) is 2.94. The SMILES string of the molecule is CCN1CCC(Nc2cccc(-n3nnnc3C)c2)CC1. The Hall–Kier alpha value is -1.95. The highest BCUT2D eigenvalue weighted by molar-refractivity contribution is 5.51. The molecular formula is C15H22N6. The summed E-state index contributed by atoms with van der Waals surface area (Å²) in [5.74, 6) is 0.795. The van der Waals surface area contributed by atoms with Crippen LogP contribution in [0.2, 0.25) is 0 Å². The first-order valence-corrected chi connectivity index (χ1v) is 7.60. The van der Waals surface area contributed by atoms with Crippen molar-refractivity contribution in [3.8, 4) is 5.69 Å². The van der Waals surface area contributed by atoms with E-state index in [2.05, 4.69) is 44.8 Å². The summed E-state index contributed by atoms with van der Waals surface area (Å²) in [6.07, 6.45) is 2.39. The van der Waals surface area contributed by atoms with Crippen LogP contribution >= 0.6 is 0 Å². The maximum Gasteiger partial charge on any atom is 0.153 e. The van der Waals surface area contributed by atoms with Gasteiger partial charge in [0.2, 0.25) is 0 Å². The Morgan fingerprint density at radius 1 is 1.29 bits per heavy atom. The van der Waals surface area contributed by atoms with Crippen LogP contribution in [-0.4, -0.2) is 50.8 Å². The number of benzene rings is 1. The molecule has 0 saturated carbocycles. The second-order valence-electron chi connectivity index (χ2n) is 5.54. The summed E-state index contributed by atoms with van der Waals surface area (Å²) in [5.41, 5.74) is 2.13. The van der Waals surface area contributed by atoms with Crippen LogP contribution in [-0.2, 0) is 0 Å². The van der Waals surface area contributed by atoms with Gasteiger partial charge in [0.15, 0.2) is 5.82 Å². The molecule has 0 unspecified atom stereocenters. The zero-order valence-corrected chi connectivity index (χ0v) is 12.7. The lowest BCUT2D eigenvalue weighted by molar-refractivity contribution is 0.229. The van der Waals surface area contributed by atoms with Gasteiger partial charge in [-0.3, -0.25) is 0 Å². The van der Waals surface area contributed by atoms with Crippen molar-refractivity contribution in [2.75, 3.05) is 25.0 Å². The maximum atomic E-state index is 4.02. The first-order valence-electron chi connectivity index (χ1n) is 7.60. The molecule has 2 heterocycles. The van der Waals surface area contributed by atoms with Crippen molar-refractivity contribution in [3.63, 3.8) is 0 Å². The van der Waals surface area contributed by atoms with Crippen molar-refractivity contribution >= 4 is 5.69 Å². The number of rotatable bonds is 4. The third-order valence-corrected chi connectivity index (χ3v) is 4.12. The largest absolute Gasteiger partial charge is 0.382 e. The van der Waals surface area contributed by atoms with Crippen LogP contribution < -0.4 is 5.32 Å². The summed E-state index contributed by atoms with van der Waals surface area (Å²) in [7, 11) is 0. The molecule has 1 aliphatic rings. The van der Waals surface area contributed by atoms with Crippen LogP contribution in [0.25, 0.3) is 5.69 Å². The van der Waals surface area contributed by atoms with Gasteiger partial charge in [-0.05, 0) is 54.9 Å². The third-order valence-electron chi connectivity index (χ3n) is 4.12. The minimum Gasteiger partial charge on any atom is -0.382 e. The first-order chi connectivity index (χ1) is 10.3. The third kappa shape index (κ3) is 3.21. The van der Waals surface area contributed by atoms with Crippen molar-refractivity contribution in [2.45, 2.75) is 32.7 Å². The highest BCUT2D eigenvalue weighted by Gasteiger charge is 2.17. The second-order valence-corrected chi connectivity index (χ2v) is 5.54. The Labute approximate surface area is 125 Å². The smallest absolute Gasteiger partial charge is 0.153 e. The van der Waals surface area contributed by atoms with Gasteiger partial charge in [0, 0.05) is 24.8 Å². The van der Waals surface area contributed by atoms with E-state index in [0.717, 1.165) is 23.7 Å².